The summed E-state index contributed by atoms with van der Waals surface area (Å²) in [5.74, 6) is -0.876. The van der Waals surface area contributed by atoms with E-state index in [1.165, 1.54) is 19.2 Å². The van der Waals surface area contributed by atoms with Crippen molar-refractivity contribution in [1.29, 1.82) is 0 Å². The van der Waals surface area contributed by atoms with Crippen LogP contribution in [0.4, 0.5) is 4.39 Å². The van der Waals surface area contributed by atoms with Gasteiger partial charge in [0.05, 0.1) is 19.0 Å². The van der Waals surface area contributed by atoms with E-state index in [-0.39, 0.29) is 5.56 Å². The van der Waals surface area contributed by atoms with Crippen molar-refractivity contribution in [2.24, 2.45) is 0 Å². The van der Waals surface area contributed by atoms with E-state index in [1.54, 1.807) is 0 Å². The second-order valence-corrected chi connectivity index (χ2v) is 5.68. The first-order valence-electron chi connectivity index (χ1n) is 4.52. The minimum absolute atomic E-state index is 0.0498. The first kappa shape index (κ1) is 12.9. The van der Waals surface area contributed by atoms with Gasteiger partial charge in [0, 0.05) is 17.9 Å². The monoisotopic (exact) mass is 248 g/mol. The van der Waals surface area contributed by atoms with Crippen molar-refractivity contribution in [3.05, 3.63) is 29.6 Å². The molecule has 0 spiro atoms. The zero-order valence-corrected chi connectivity index (χ0v) is 9.79. The molecule has 0 saturated carbocycles. The lowest BCUT2D eigenvalue weighted by Gasteiger charge is -2.11. The van der Waals surface area contributed by atoms with Crippen molar-refractivity contribution >= 4 is 9.84 Å². The Morgan fingerprint density at radius 1 is 1.50 bits per heavy atom. The second-order valence-electron chi connectivity index (χ2n) is 3.50. The van der Waals surface area contributed by atoms with Crippen LogP contribution in [0.3, 0.4) is 0 Å². The van der Waals surface area contributed by atoms with Gasteiger partial charge in [0.1, 0.15) is 21.4 Å². The number of rotatable bonds is 4. The lowest BCUT2D eigenvalue weighted by Crippen LogP contribution is -2.14. The summed E-state index contributed by atoms with van der Waals surface area (Å²) in [6.45, 7) is 0. The number of benzene rings is 1. The Kier molecular flexibility index (Phi) is 3.88. The summed E-state index contributed by atoms with van der Waals surface area (Å²) < 4.78 is 40.1. The average molecular weight is 248 g/mol. The van der Waals surface area contributed by atoms with E-state index in [9.17, 15) is 17.9 Å². The van der Waals surface area contributed by atoms with Gasteiger partial charge in [0.2, 0.25) is 0 Å². The van der Waals surface area contributed by atoms with Crippen molar-refractivity contribution < 1.29 is 22.7 Å². The molecule has 90 valence electrons. The number of halogens is 1. The van der Waals surface area contributed by atoms with E-state index in [1.807, 2.05) is 0 Å². The summed E-state index contributed by atoms with van der Waals surface area (Å²) >= 11 is 0. The number of hydrogen-bond acceptors (Lipinski definition) is 4. The molecule has 0 radical (unpaired) electrons. The first-order chi connectivity index (χ1) is 7.33. The Labute approximate surface area is 93.6 Å². The molecule has 0 amide bonds. The second kappa shape index (κ2) is 4.80. The van der Waals surface area contributed by atoms with Gasteiger partial charge >= 0.3 is 0 Å². The van der Waals surface area contributed by atoms with Crippen molar-refractivity contribution in [2.75, 3.05) is 19.1 Å². The van der Waals surface area contributed by atoms with Gasteiger partial charge in [-0.3, -0.25) is 0 Å². The minimum Gasteiger partial charge on any atom is -0.497 e. The fourth-order valence-electron chi connectivity index (χ4n) is 1.28. The Morgan fingerprint density at radius 3 is 2.56 bits per heavy atom. The van der Waals surface area contributed by atoms with Crippen LogP contribution in [0, 0.1) is 5.82 Å². The Balaban J connectivity index is 2.96. The number of ether oxygens (including phenoxy) is 1. The molecule has 0 heterocycles. The summed E-state index contributed by atoms with van der Waals surface area (Å²) in [5.41, 5.74) is -0.0498. The van der Waals surface area contributed by atoms with Gasteiger partial charge < -0.3 is 9.84 Å². The van der Waals surface area contributed by atoms with Gasteiger partial charge in [0.25, 0.3) is 0 Å². The highest BCUT2D eigenvalue weighted by molar-refractivity contribution is 7.90. The van der Waals surface area contributed by atoms with Gasteiger partial charge in [-0.1, -0.05) is 0 Å². The van der Waals surface area contributed by atoms with Gasteiger partial charge in [-0.2, -0.15) is 0 Å². The Hall–Kier alpha value is -1.14. The average Bonchev–Trinajstić information content (AvgIpc) is 2.14. The number of hydrogen-bond donors (Lipinski definition) is 1. The molecular weight excluding hydrogens is 235 g/mol. The molecule has 0 fully saturated rings. The molecule has 1 N–H and O–H groups in total. The van der Waals surface area contributed by atoms with Gasteiger partial charge in [-0.15, -0.1) is 0 Å². The third kappa shape index (κ3) is 3.46. The van der Waals surface area contributed by atoms with E-state index < -0.39 is 27.5 Å². The number of sulfone groups is 1. The fraction of sp³-hybridized carbons (Fsp3) is 0.400. The number of aliphatic hydroxyl groups excluding tert-OH is 1. The zero-order valence-electron chi connectivity index (χ0n) is 8.97. The summed E-state index contributed by atoms with van der Waals surface area (Å²) in [5, 5.41) is 9.54. The van der Waals surface area contributed by atoms with Crippen LogP contribution in [-0.2, 0) is 9.84 Å². The minimum atomic E-state index is -3.35. The molecule has 0 saturated heterocycles. The van der Waals surface area contributed by atoms with Crippen LogP contribution in [0.1, 0.15) is 11.7 Å². The SMILES string of the molecule is COc1ccc(C(O)CS(C)(=O)=O)c(F)c1. The van der Waals surface area contributed by atoms with E-state index in [0.717, 1.165) is 12.3 Å². The molecule has 1 atom stereocenters. The van der Waals surface area contributed by atoms with E-state index >= 15 is 0 Å². The first-order valence-corrected chi connectivity index (χ1v) is 6.59. The van der Waals surface area contributed by atoms with Gasteiger partial charge in [-0.25, -0.2) is 12.8 Å². The maximum absolute atomic E-state index is 13.4. The van der Waals surface area contributed by atoms with Crippen LogP contribution in [0.15, 0.2) is 18.2 Å². The van der Waals surface area contributed by atoms with Crippen LogP contribution in [-0.4, -0.2) is 32.6 Å². The molecular formula is C10H13FO4S. The highest BCUT2D eigenvalue weighted by atomic mass is 32.2. The molecule has 1 aromatic carbocycles. The number of aliphatic hydroxyl groups is 1. The van der Waals surface area contributed by atoms with Gasteiger partial charge in [-0.05, 0) is 12.1 Å². The maximum Gasteiger partial charge on any atom is 0.150 e. The van der Waals surface area contributed by atoms with Gasteiger partial charge in [0.15, 0.2) is 0 Å². The molecule has 1 unspecified atom stereocenters. The number of methoxy groups -OCH3 is 1. The Bertz CT molecular complexity index is 470. The van der Waals surface area contributed by atoms with Crippen LogP contribution in [0.25, 0.3) is 0 Å². The highest BCUT2D eigenvalue weighted by Crippen LogP contribution is 2.22. The summed E-state index contributed by atoms with van der Waals surface area (Å²) in [6, 6.07) is 3.87. The topological polar surface area (TPSA) is 63.6 Å². The summed E-state index contributed by atoms with van der Waals surface area (Å²) in [4.78, 5) is 0. The van der Waals surface area contributed by atoms with Crippen molar-refractivity contribution in [3.63, 3.8) is 0 Å². The molecule has 0 aliphatic heterocycles. The largest absolute Gasteiger partial charge is 0.497 e. The highest BCUT2D eigenvalue weighted by Gasteiger charge is 2.18. The zero-order chi connectivity index (χ0) is 12.3. The van der Waals surface area contributed by atoms with E-state index in [2.05, 4.69) is 0 Å². The normalized spacial score (nSPS) is 13.5. The third-order valence-corrected chi connectivity index (χ3v) is 2.95. The molecule has 1 rings (SSSR count). The molecule has 0 aromatic heterocycles. The Morgan fingerprint density at radius 2 is 2.12 bits per heavy atom. The van der Waals surface area contributed by atoms with Crippen LogP contribution in [0.2, 0.25) is 0 Å². The fourth-order valence-corrected chi connectivity index (χ4v) is 2.03. The quantitative estimate of drug-likeness (QED) is 0.860. The molecule has 6 heteroatoms. The van der Waals surface area contributed by atoms with Crippen molar-refractivity contribution in [1.82, 2.24) is 0 Å². The predicted octanol–water partition coefficient (Wildman–Crippen LogP) is 0.912. The molecule has 0 aliphatic rings. The van der Waals surface area contributed by atoms with Crippen LogP contribution in [0.5, 0.6) is 5.75 Å². The smallest absolute Gasteiger partial charge is 0.150 e. The standard InChI is InChI=1S/C10H13FO4S/c1-15-7-3-4-8(9(11)5-7)10(12)6-16(2,13)14/h3-5,10,12H,6H2,1-2H3. The lowest BCUT2D eigenvalue weighted by molar-refractivity contribution is 0.196. The lowest BCUT2D eigenvalue weighted by atomic mass is 10.1. The molecule has 16 heavy (non-hydrogen) atoms. The van der Waals surface area contributed by atoms with E-state index in [4.69, 9.17) is 4.74 Å². The van der Waals surface area contributed by atoms with Crippen LogP contribution >= 0.6 is 0 Å². The summed E-state index contributed by atoms with van der Waals surface area (Å²) in [6.07, 6.45) is -0.376. The molecule has 4 nitrogen and oxygen atoms in total. The molecule has 0 aliphatic carbocycles. The van der Waals surface area contributed by atoms with E-state index in [0.29, 0.717) is 5.75 Å². The summed E-state index contributed by atoms with van der Waals surface area (Å²) in [7, 11) is -1.96. The van der Waals surface area contributed by atoms with Crippen LogP contribution < -0.4 is 4.74 Å². The maximum atomic E-state index is 13.4. The molecule has 1 aromatic rings. The predicted molar refractivity (Wildman–Crippen MR) is 57.6 cm³/mol. The third-order valence-electron chi connectivity index (χ3n) is 2.03. The van der Waals surface area contributed by atoms with Crippen molar-refractivity contribution in [2.45, 2.75) is 6.10 Å². The molecule has 0 bridgehead atoms. The van der Waals surface area contributed by atoms with Crippen molar-refractivity contribution in [3.8, 4) is 5.75 Å².